The first kappa shape index (κ1) is 13.0. The molecule has 0 bridgehead atoms. The second kappa shape index (κ2) is 5.48. The van der Waals surface area contributed by atoms with E-state index >= 15 is 0 Å². The third-order valence-corrected chi connectivity index (χ3v) is 2.96. The number of aryl methyl sites for hydroxylation is 1. The second-order valence-corrected chi connectivity index (χ2v) is 4.30. The summed E-state index contributed by atoms with van der Waals surface area (Å²) in [6, 6.07) is 2.19. The standard InChI is InChI=1S/C14H17F2NO/c1-3-5-17-8-13-10(4-2)11-6-9(15)7-12(16)14(11)18-13/h6-7,17H,3-5,8H2,1-2H3. The van der Waals surface area contributed by atoms with Crippen molar-refractivity contribution in [3.63, 3.8) is 0 Å². The molecule has 4 heteroatoms. The van der Waals surface area contributed by atoms with E-state index in [-0.39, 0.29) is 5.58 Å². The molecule has 0 saturated carbocycles. The summed E-state index contributed by atoms with van der Waals surface area (Å²) in [5.74, 6) is -0.504. The molecular formula is C14H17F2NO. The van der Waals surface area contributed by atoms with Crippen molar-refractivity contribution in [3.8, 4) is 0 Å². The molecule has 2 nitrogen and oxygen atoms in total. The summed E-state index contributed by atoms with van der Waals surface area (Å²) in [4.78, 5) is 0. The topological polar surface area (TPSA) is 25.2 Å². The molecule has 2 rings (SSSR count). The van der Waals surface area contributed by atoms with Gasteiger partial charge in [0.25, 0.3) is 0 Å². The number of hydrogen-bond acceptors (Lipinski definition) is 2. The van der Waals surface area contributed by atoms with Crippen molar-refractivity contribution >= 4 is 11.0 Å². The zero-order chi connectivity index (χ0) is 13.1. The van der Waals surface area contributed by atoms with Crippen LogP contribution in [0.25, 0.3) is 11.0 Å². The Morgan fingerprint density at radius 1 is 1.22 bits per heavy atom. The molecule has 2 aromatic rings. The van der Waals surface area contributed by atoms with E-state index < -0.39 is 11.6 Å². The van der Waals surface area contributed by atoms with E-state index in [4.69, 9.17) is 4.42 Å². The molecule has 98 valence electrons. The van der Waals surface area contributed by atoms with Crippen LogP contribution < -0.4 is 5.32 Å². The van der Waals surface area contributed by atoms with E-state index in [0.717, 1.165) is 24.6 Å². The maximum absolute atomic E-state index is 13.6. The van der Waals surface area contributed by atoms with E-state index in [1.54, 1.807) is 0 Å². The molecule has 0 amide bonds. The van der Waals surface area contributed by atoms with Crippen LogP contribution in [0.1, 0.15) is 31.6 Å². The number of hydrogen-bond donors (Lipinski definition) is 1. The first-order chi connectivity index (χ1) is 8.67. The number of rotatable bonds is 5. The van der Waals surface area contributed by atoms with E-state index in [0.29, 0.717) is 24.1 Å². The zero-order valence-electron chi connectivity index (χ0n) is 10.6. The summed E-state index contributed by atoms with van der Waals surface area (Å²) < 4.78 is 32.4. The van der Waals surface area contributed by atoms with Crippen molar-refractivity contribution in [2.45, 2.75) is 33.2 Å². The summed E-state index contributed by atoms with van der Waals surface area (Å²) in [5.41, 5.74) is 1.04. The Bertz CT molecular complexity index is 548. The molecule has 0 aliphatic carbocycles. The van der Waals surface area contributed by atoms with Gasteiger partial charge in [-0.3, -0.25) is 0 Å². The maximum Gasteiger partial charge on any atom is 0.170 e. The van der Waals surface area contributed by atoms with Crippen LogP contribution in [0.2, 0.25) is 0 Å². The predicted octanol–water partition coefficient (Wildman–Crippen LogP) is 3.77. The Hall–Kier alpha value is -1.42. The van der Waals surface area contributed by atoms with E-state index in [9.17, 15) is 8.78 Å². The fraction of sp³-hybridized carbons (Fsp3) is 0.429. The molecule has 18 heavy (non-hydrogen) atoms. The van der Waals surface area contributed by atoms with Gasteiger partial charge in [-0.1, -0.05) is 13.8 Å². The molecule has 1 aromatic heterocycles. The van der Waals surface area contributed by atoms with Crippen LogP contribution in [-0.4, -0.2) is 6.54 Å². The summed E-state index contributed by atoms with van der Waals surface area (Å²) in [5, 5.41) is 3.76. The van der Waals surface area contributed by atoms with Crippen LogP contribution in [0, 0.1) is 11.6 Å². The minimum Gasteiger partial charge on any atom is -0.456 e. The minimum atomic E-state index is -0.638. The Kier molecular flexibility index (Phi) is 3.97. The van der Waals surface area contributed by atoms with Gasteiger partial charge >= 0.3 is 0 Å². The normalized spacial score (nSPS) is 11.3. The number of fused-ring (bicyclic) bond motifs is 1. The lowest BCUT2D eigenvalue weighted by molar-refractivity contribution is 0.488. The van der Waals surface area contributed by atoms with Crippen molar-refractivity contribution in [2.24, 2.45) is 0 Å². The molecule has 0 fully saturated rings. The molecule has 0 atom stereocenters. The molecule has 0 spiro atoms. The van der Waals surface area contributed by atoms with Gasteiger partial charge in [0.05, 0.1) is 6.54 Å². The maximum atomic E-state index is 13.6. The third-order valence-electron chi connectivity index (χ3n) is 2.96. The average Bonchev–Trinajstić information content (AvgIpc) is 2.67. The highest BCUT2D eigenvalue weighted by Gasteiger charge is 2.16. The minimum absolute atomic E-state index is 0.154. The van der Waals surface area contributed by atoms with Gasteiger partial charge in [-0.25, -0.2) is 8.78 Å². The van der Waals surface area contributed by atoms with Crippen molar-refractivity contribution in [1.82, 2.24) is 5.32 Å². The monoisotopic (exact) mass is 253 g/mol. The highest BCUT2D eigenvalue weighted by molar-refractivity contribution is 5.82. The van der Waals surface area contributed by atoms with Gasteiger partial charge in [0.1, 0.15) is 11.6 Å². The molecule has 0 saturated heterocycles. The van der Waals surface area contributed by atoms with Crippen LogP contribution in [0.15, 0.2) is 16.5 Å². The fourth-order valence-electron chi connectivity index (χ4n) is 2.13. The lowest BCUT2D eigenvalue weighted by atomic mass is 10.1. The first-order valence-corrected chi connectivity index (χ1v) is 6.27. The van der Waals surface area contributed by atoms with Gasteiger partial charge in [0.2, 0.25) is 0 Å². The summed E-state index contributed by atoms with van der Waals surface area (Å²) in [6.45, 7) is 5.45. The van der Waals surface area contributed by atoms with Crippen LogP contribution in [0.5, 0.6) is 0 Å². The van der Waals surface area contributed by atoms with Gasteiger partial charge in [-0.2, -0.15) is 0 Å². The highest BCUT2D eigenvalue weighted by Crippen LogP contribution is 2.29. The fourth-order valence-corrected chi connectivity index (χ4v) is 2.13. The number of benzene rings is 1. The van der Waals surface area contributed by atoms with Gasteiger partial charge in [-0.15, -0.1) is 0 Å². The predicted molar refractivity (Wildman–Crippen MR) is 67.5 cm³/mol. The molecule has 0 aliphatic heterocycles. The Balaban J connectivity index is 2.44. The molecule has 1 N–H and O–H groups in total. The zero-order valence-corrected chi connectivity index (χ0v) is 10.6. The molecule has 0 radical (unpaired) electrons. The van der Waals surface area contributed by atoms with Crippen molar-refractivity contribution in [2.75, 3.05) is 6.54 Å². The lowest BCUT2D eigenvalue weighted by Crippen LogP contribution is -2.14. The SMILES string of the molecule is CCCNCc1oc2c(F)cc(F)cc2c1CC. The summed E-state index contributed by atoms with van der Waals surface area (Å²) in [6.07, 6.45) is 1.71. The van der Waals surface area contributed by atoms with Crippen LogP contribution in [0.3, 0.4) is 0 Å². The quantitative estimate of drug-likeness (QED) is 0.820. The highest BCUT2D eigenvalue weighted by atomic mass is 19.1. The van der Waals surface area contributed by atoms with Crippen molar-refractivity contribution in [3.05, 3.63) is 35.1 Å². The van der Waals surface area contributed by atoms with E-state index in [1.165, 1.54) is 6.07 Å². The van der Waals surface area contributed by atoms with Crippen LogP contribution >= 0.6 is 0 Å². The smallest absolute Gasteiger partial charge is 0.170 e. The third kappa shape index (κ3) is 2.38. The van der Waals surface area contributed by atoms with Gasteiger partial charge in [0.15, 0.2) is 11.4 Å². The largest absolute Gasteiger partial charge is 0.456 e. The molecule has 1 aromatic carbocycles. The van der Waals surface area contributed by atoms with Gasteiger partial charge in [-0.05, 0) is 25.5 Å². The Morgan fingerprint density at radius 3 is 2.67 bits per heavy atom. The van der Waals surface area contributed by atoms with Crippen molar-refractivity contribution in [1.29, 1.82) is 0 Å². The van der Waals surface area contributed by atoms with Crippen LogP contribution in [-0.2, 0) is 13.0 Å². The summed E-state index contributed by atoms with van der Waals surface area (Å²) >= 11 is 0. The van der Waals surface area contributed by atoms with Crippen molar-refractivity contribution < 1.29 is 13.2 Å². The number of halogens is 2. The lowest BCUT2D eigenvalue weighted by Gasteiger charge is -2.01. The summed E-state index contributed by atoms with van der Waals surface area (Å²) in [7, 11) is 0. The number of furan rings is 1. The average molecular weight is 253 g/mol. The van der Waals surface area contributed by atoms with E-state index in [1.807, 2.05) is 6.92 Å². The molecular weight excluding hydrogens is 236 g/mol. The molecule has 1 heterocycles. The van der Waals surface area contributed by atoms with Gasteiger partial charge < -0.3 is 9.73 Å². The molecule has 0 unspecified atom stereocenters. The van der Waals surface area contributed by atoms with Crippen LogP contribution in [0.4, 0.5) is 8.78 Å². The van der Waals surface area contributed by atoms with Gasteiger partial charge in [0, 0.05) is 17.0 Å². The first-order valence-electron chi connectivity index (χ1n) is 6.27. The Morgan fingerprint density at radius 2 is 2.00 bits per heavy atom. The molecule has 0 aliphatic rings. The second-order valence-electron chi connectivity index (χ2n) is 4.30. The Labute approximate surface area is 105 Å². The number of nitrogens with one attached hydrogen (secondary N) is 1. The van der Waals surface area contributed by atoms with E-state index in [2.05, 4.69) is 12.2 Å².